The number of benzene rings is 1. The molecule has 2 aromatic rings. The van der Waals surface area contributed by atoms with Crippen LogP contribution in [0.3, 0.4) is 0 Å². The van der Waals surface area contributed by atoms with E-state index in [4.69, 9.17) is 23.2 Å². The summed E-state index contributed by atoms with van der Waals surface area (Å²) < 4.78 is 0. The van der Waals surface area contributed by atoms with Gasteiger partial charge in [0.1, 0.15) is 0 Å². The first-order valence-corrected chi connectivity index (χ1v) is 7.58. The molecular formula is C14H15Cl2NOS. The summed E-state index contributed by atoms with van der Waals surface area (Å²) >= 11 is 13.5. The van der Waals surface area contributed by atoms with Gasteiger partial charge in [-0.15, -0.1) is 11.3 Å². The van der Waals surface area contributed by atoms with E-state index in [1.54, 1.807) is 23.5 Å². The highest BCUT2D eigenvalue weighted by Crippen LogP contribution is 2.24. The van der Waals surface area contributed by atoms with E-state index in [2.05, 4.69) is 4.98 Å². The van der Waals surface area contributed by atoms with Crippen molar-refractivity contribution >= 4 is 34.5 Å². The number of hydrogen-bond acceptors (Lipinski definition) is 3. The van der Waals surface area contributed by atoms with Crippen molar-refractivity contribution in [2.75, 3.05) is 0 Å². The number of hydrogen-bond donors (Lipinski definition) is 1. The Balaban J connectivity index is 2.00. The fraction of sp³-hybridized carbons (Fsp3) is 0.357. The summed E-state index contributed by atoms with van der Waals surface area (Å²) in [6, 6.07) is 5.44. The lowest BCUT2D eigenvalue weighted by molar-refractivity contribution is 0.175. The molecule has 2 nitrogen and oxygen atoms in total. The molecule has 102 valence electrons. The van der Waals surface area contributed by atoms with Crippen LogP contribution in [-0.2, 0) is 12.8 Å². The molecule has 5 heteroatoms. The zero-order valence-corrected chi connectivity index (χ0v) is 13.1. The highest BCUT2D eigenvalue weighted by Gasteiger charge is 2.12. The predicted octanol–water partition coefficient (Wildman–Crippen LogP) is 4.21. The molecule has 2 rings (SSSR count). The van der Waals surface area contributed by atoms with E-state index in [0.29, 0.717) is 22.9 Å². The van der Waals surface area contributed by atoms with Gasteiger partial charge in [0.05, 0.1) is 26.9 Å². The van der Waals surface area contributed by atoms with E-state index in [0.717, 1.165) is 16.3 Å². The molecule has 1 aromatic heterocycles. The Morgan fingerprint density at radius 3 is 2.53 bits per heavy atom. The van der Waals surface area contributed by atoms with Crippen LogP contribution in [0.5, 0.6) is 0 Å². The molecule has 1 heterocycles. The minimum atomic E-state index is -0.456. The Hall–Kier alpha value is -0.610. The second-order valence-electron chi connectivity index (χ2n) is 4.56. The number of aliphatic hydroxyl groups is 1. The SMILES string of the molecule is Cc1nc(CC(O)Cc2ccc(Cl)c(Cl)c2)sc1C. The first-order valence-electron chi connectivity index (χ1n) is 6.00. The molecule has 0 aliphatic rings. The van der Waals surface area contributed by atoms with Crippen LogP contribution in [0.2, 0.25) is 10.0 Å². The minimum absolute atomic E-state index is 0.456. The molecule has 0 spiro atoms. The van der Waals surface area contributed by atoms with Crippen LogP contribution in [0, 0.1) is 13.8 Å². The molecule has 0 bridgehead atoms. The smallest absolute Gasteiger partial charge is 0.0956 e. The third kappa shape index (κ3) is 3.93. The van der Waals surface area contributed by atoms with Crippen molar-refractivity contribution in [3.63, 3.8) is 0 Å². The summed E-state index contributed by atoms with van der Waals surface area (Å²) in [6.07, 6.45) is 0.663. The quantitative estimate of drug-likeness (QED) is 0.916. The Labute approximate surface area is 127 Å². The number of aromatic nitrogens is 1. The van der Waals surface area contributed by atoms with Gasteiger partial charge in [0.25, 0.3) is 0 Å². The molecule has 1 aromatic carbocycles. The maximum atomic E-state index is 10.1. The lowest BCUT2D eigenvalue weighted by Crippen LogP contribution is -2.13. The maximum Gasteiger partial charge on any atom is 0.0956 e. The normalized spacial score (nSPS) is 12.7. The van der Waals surface area contributed by atoms with E-state index in [-0.39, 0.29) is 0 Å². The Bertz CT molecular complexity index is 563. The van der Waals surface area contributed by atoms with Gasteiger partial charge in [0.15, 0.2) is 0 Å². The molecule has 0 aliphatic carbocycles. The third-order valence-corrected chi connectivity index (χ3v) is 4.77. The summed E-state index contributed by atoms with van der Waals surface area (Å²) in [7, 11) is 0. The number of nitrogens with zero attached hydrogens (tertiary/aromatic N) is 1. The second kappa shape index (κ2) is 6.23. The Morgan fingerprint density at radius 2 is 1.95 bits per heavy atom. The van der Waals surface area contributed by atoms with E-state index >= 15 is 0 Å². The number of halogens is 2. The molecule has 1 atom stereocenters. The molecule has 0 aliphatic heterocycles. The molecular weight excluding hydrogens is 301 g/mol. The van der Waals surface area contributed by atoms with Crippen LogP contribution < -0.4 is 0 Å². The fourth-order valence-electron chi connectivity index (χ4n) is 1.84. The van der Waals surface area contributed by atoms with Crippen molar-refractivity contribution in [1.29, 1.82) is 0 Å². The Kier molecular flexibility index (Phi) is 4.85. The fourth-order valence-corrected chi connectivity index (χ4v) is 3.16. The van der Waals surface area contributed by atoms with Crippen LogP contribution in [0.25, 0.3) is 0 Å². The topological polar surface area (TPSA) is 33.1 Å². The van der Waals surface area contributed by atoms with E-state index in [1.165, 1.54) is 4.88 Å². The largest absolute Gasteiger partial charge is 0.392 e. The molecule has 0 radical (unpaired) electrons. The molecule has 1 N–H and O–H groups in total. The summed E-state index contributed by atoms with van der Waals surface area (Å²) in [5.41, 5.74) is 2.02. The van der Waals surface area contributed by atoms with Gasteiger partial charge in [0.2, 0.25) is 0 Å². The van der Waals surface area contributed by atoms with Gasteiger partial charge in [-0.2, -0.15) is 0 Å². The third-order valence-electron chi connectivity index (χ3n) is 2.94. The van der Waals surface area contributed by atoms with Crippen molar-refractivity contribution in [3.8, 4) is 0 Å². The zero-order chi connectivity index (χ0) is 14.0. The van der Waals surface area contributed by atoms with Crippen molar-refractivity contribution < 1.29 is 5.11 Å². The van der Waals surface area contributed by atoms with Crippen molar-refractivity contribution in [2.24, 2.45) is 0 Å². The number of aryl methyl sites for hydroxylation is 2. The lowest BCUT2D eigenvalue weighted by atomic mass is 10.1. The van der Waals surface area contributed by atoms with Gasteiger partial charge in [0, 0.05) is 11.3 Å². The summed E-state index contributed by atoms with van der Waals surface area (Å²) in [4.78, 5) is 5.64. The van der Waals surface area contributed by atoms with Crippen LogP contribution in [-0.4, -0.2) is 16.2 Å². The van der Waals surface area contributed by atoms with E-state index < -0.39 is 6.10 Å². The summed E-state index contributed by atoms with van der Waals surface area (Å²) in [5, 5.41) is 12.1. The average molecular weight is 316 g/mol. The van der Waals surface area contributed by atoms with E-state index in [1.807, 2.05) is 19.9 Å². The highest BCUT2D eigenvalue weighted by atomic mass is 35.5. The molecule has 19 heavy (non-hydrogen) atoms. The van der Waals surface area contributed by atoms with Crippen LogP contribution >= 0.6 is 34.5 Å². The van der Waals surface area contributed by atoms with Crippen LogP contribution in [0.15, 0.2) is 18.2 Å². The summed E-state index contributed by atoms with van der Waals surface area (Å²) in [6.45, 7) is 4.03. The predicted molar refractivity (Wildman–Crippen MR) is 81.5 cm³/mol. The standard InChI is InChI=1S/C14H15Cl2NOS/c1-8-9(2)19-14(17-8)7-11(18)5-10-3-4-12(15)13(16)6-10/h3-4,6,11,18H,5,7H2,1-2H3. The highest BCUT2D eigenvalue weighted by molar-refractivity contribution is 7.11. The van der Waals surface area contributed by atoms with Crippen molar-refractivity contribution in [1.82, 2.24) is 4.98 Å². The zero-order valence-electron chi connectivity index (χ0n) is 10.8. The molecule has 0 saturated carbocycles. The average Bonchev–Trinajstić information content (AvgIpc) is 2.63. The van der Waals surface area contributed by atoms with E-state index in [9.17, 15) is 5.11 Å². The monoisotopic (exact) mass is 315 g/mol. The molecule has 0 saturated heterocycles. The van der Waals surface area contributed by atoms with Gasteiger partial charge < -0.3 is 5.11 Å². The minimum Gasteiger partial charge on any atom is -0.392 e. The molecule has 0 fully saturated rings. The van der Waals surface area contributed by atoms with Crippen LogP contribution in [0.1, 0.15) is 21.1 Å². The number of rotatable bonds is 4. The first-order chi connectivity index (χ1) is 8.95. The maximum absolute atomic E-state index is 10.1. The van der Waals surface area contributed by atoms with Gasteiger partial charge in [-0.3, -0.25) is 0 Å². The lowest BCUT2D eigenvalue weighted by Gasteiger charge is -2.09. The molecule has 1 unspecified atom stereocenters. The van der Waals surface area contributed by atoms with Gasteiger partial charge in [-0.1, -0.05) is 29.3 Å². The van der Waals surface area contributed by atoms with Crippen molar-refractivity contribution in [3.05, 3.63) is 49.4 Å². The van der Waals surface area contributed by atoms with Crippen LogP contribution in [0.4, 0.5) is 0 Å². The van der Waals surface area contributed by atoms with Crippen molar-refractivity contribution in [2.45, 2.75) is 32.8 Å². The second-order valence-corrected chi connectivity index (χ2v) is 6.66. The van der Waals surface area contributed by atoms with Gasteiger partial charge >= 0.3 is 0 Å². The molecule has 0 amide bonds. The number of thiazole rings is 1. The van der Waals surface area contributed by atoms with Gasteiger partial charge in [-0.25, -0.2) is 4.98 Å². The Morgan fingerprint density at radius 1 is 1.21 bits per heavy atom. The first kappa shape index (κ1) is 14.8. The van der Waals surface area contributed by atoms with Gasteiger partial charge in [-0.05, 0) is 38.0 Å². The number of aliphatic hydroxyl groups excluding tert-OH is 1. The summed E-state index contributed by atoms with van der Waals surface area (Å²) in [5.74, 6) is 0.